The standard InChI is InChI=1S/C10H11F2NO3/c1-16-7-3-2-5(9(11)10(7)12)6(13)4-8(14)15/h2-3,6H,4,13H2,1H3,(H,14,15). The van der Waals surface area contributed by atoms with E-state index in [-0.39, 0.29) is 11.3 Å². The summed E-state index contributed by atoms with van der Waals surface area (Å²) in [5.74, 6) is -3.76. The van der Waals surface area contributed by atoms with E-state index in [0.717, 1.165) is 0 Å². The molecule has 0 spiro atoms. The molecular formula is C10H11F2NO3. The quantitative estimate of drug-likeness (QED) is 0.822. The predicted molar refractivity (Wildman–Crippen MR) is 52.1 cm³/mol. The Morgan fingerprint density at radius 1 is 1.50 bits per heavy atom. The van der Waals surface area contributed by atoms with Gasteiger partial charge in [0, 0.05) is 11.6 Å². The number of ether oxygens (including phenoxy) is 1. The smallest absolute Gasteiger partial charge is 0.305 e. The summed E-state index contributed by atoms with van der Waals surface area (Å²) >= 11 is 0. The van der Waals surface area contributed by atoms with Crippen LogP contribution in [0.3, 0.4) is 0 Å². The molecule has 0 amide bonds. The van der Waals surface area contributed by atoms with E-state index in [4.69, 9.17) is 10.8 Å². The molecule has 1 unspecified atom stereocenters. The van der Waals surface area contributed by atoms with Crippen molar-refractivity contribution in [2.24, 2.45) is 5.73 Å². The van der Waals surface area contributed by atoms with Crippen LogP contribution >= 0.6 is 0 Å². The molecule has 6 heteroatoms. The summed E-state index contributed by atoms with van der Waals surface area (Å²) < 4.78 is 31.2. The van der Waals surface area contributed by atoms with Gasteiger partial charge in [0.15, 0.2) is 11.6 Å². The van der Waals surface area contributed by atoms with Crippen LogP contribution < -0.4 is 10.5 Å². The number of carbonyl (C=O) groups is 1. The molecule has 1 atom stereocenters. The Hall–Kier alpha value is -1.69. The lowest BCUT2D eigenvalue weighted by molar-refractivity contribution is -0.137. The number of nitrogens with two attached hydrogens (primary N) is 1. The van der Waals surface area contributed by atoms with Crippen LogP contribution in [-0.2, 0) is 4.79 Å². The van der Waals surface area contributed by atoms with E-state index >= 15 is 0 Å². The number of aliphatic carboxylic acids is 1. The van der Waals surface area contributed by atoms with Crippen molar-refractivity contribution in [3.05, 3.63) is 29.3 Å². The number of halogens is 2. The Morgan fingerprint density at radius 3 is 2.62 bits per heavy atom. The van der Waals surface area contributed by atoms with Gasteiger partial charge in [0.25, 0.3) is 0 Å². The van der Waals surface area contributed by atoms with Crippen molar-refractivity contribution in [2.75, 3.05) is 7.11 Å². The molecule has 0 aliphatic rings. The van der Waals surface area contributed by atoms with E-state index in [1.54, 1.807) is 0 Å². The average molecular weight is 231 g/mol. The molecule has 1 aromatic carbocycles. The van der Waals surface area contributed by atoms with Gasteiger partial charge in [-0.3, -0.25) is 4.79 Å². The topological polar surface area (TPSA) is 72.5 Å². The van der Waals surface area contributed by atoms with Gasteiger partial charge in [0.2, 0.25) is 5.82 Å². The fourth-order valence-electron chi connectivity index (χ4n) is 1.29. The first-order valence-corrected chi connectivity index (χ1v) is 4.46. The van der Waals surface area contributed by atoms with Gasteiger partial charge in [-0.2, -0.15) is 4.39 Å². The van der Waals surface area contributed by atoms with Crippen LogP contribution in [0.4, 0.5) is 8.78 Å². The minimum atomic E-state index is -1.18. The minimum Gasteiger partial charge on any atom is -0.494 e. The zero-order valence-electron chi connectivity index (χ0n) is 8.54. The Morgan fingerprint density at radius 2 is 2.12 bits per heavy atom. The zero-order chi connectivity index (χ0) is 12.3. The van der Waals surface area contributed by atoms with Crippen molar-refractivity contribution >= 4 is 5.97 Å². The van der Waals surface area contributed by atoms with E-state index in [1.165, 1.54) is 19.2 Å². The van der Waals surface area contributed by atoms with Crippen LogP contribution in [0, 0.1) is 11.6 Å². The van der Waals surface area contributed by atoms with Crippen LogP contribution in [0.2, 0.25) is 0 Å². The number of hydrogen-bond donors (Lipinski definition) is 2. The molecule has 16 heavy (non-hydrogen) atoms. The zero-order valence-corrected chi connectivity index (χ0v) is 8.54. The molecule has 0 saturated heterocycles. The molecule has 0 saturated carbocycles. The molecule has 0 bridgehead atoms. The highest BCUT2D eigenvalue weighted by Gasteiger charge is 2.20. The molecule has 0 aliphatic carbocycles. The lowest BCUT2D eigenvalue weighted by atomic mass is 10.0. The van der Waals surface area contributed by atoms with Crippen LogP contribution in [0.1, 0.15) is 18.0 Å². The summed E-state index contributed by atoms with van der Waals surface area (Å²) in [6.45, 7) is 0. The van der Waals surface area contributed by atoms with Gasteiger partial charge in [0.05, 0.1) is 13.5 Å². The summed E-state index contributed by atoms with van der Waals surface area (Å²) in [5.41, 5.74) is 5.25. The van der Waals surface area contributed by atoms with Crippen molar-refractivity contribution in [3.63, 3.8) is 0 Å². The number of rotatable bonds is 4. The highest BCUT2D eigenvalue weighted by molar-refractivity contribution is 5.67. The first-order chi connectivity index (χ1) is 7.47. The molecule has 3 N–H and O–H groups in total. The average Bonchev–Trinajstić information content (AvgIpc) is 2.20. The van der Waals surface area contributed by atoms with Gasteiger partial charge in [-0.05, 0) is 6.07 Å². The maximum atomic E-state index is 13.4. The molecule has 0 aliphatic heterocycles. The number of methoxy groups -OCH3 is 1. The second-order valence-electron chi connectivity index (χ2n) is 3.19. The fraction of sp³-hybridized carbons (Fsp3) is 0.300. The molecule has 0 heterocycles. The van der Waals surface area contributed by atoms with Gasteiger partial charge >= 0.3 is 5.97 Å². The number of carboxylic acid groups (broad SMARTS) is 1. The summed E-state index contributed by atoms with van der Waals surface area (Å²) in [6.07, 6.45) is -0.470. The van der Waals surface area contributed by atoms with Crippen molar-refractivity contribution in [1.82, 2.24) is 0 Å². The molecule has 0 radical (unpaired) electrons. The van der Waals surface area contributed by atoms with E-state index in [0.29, 0.717) is 0 Å². The van der Waals surface area contributed by atoms with E-state index in [1.807, 2.05) is 0 Å². The third kappa shape index (κ3) is 2.46. The number of benzene rings is 1. The molecule has 1 aromatic rings. The molecule has 4 nitrogen and oxygen atoms in total. The third-order valence-electron chi connectivity index (χ3n) is 2.09. The van der Waals surface area contributed by atoms with Gasteiger partial charge in [-0.25, -0.2) is 4.39 Å². The number of hydrogen-bond acceptors (Lipinski definition) is 3. The molecule has 0 fully saturated rings. The van der Waals surface area contributed by atoms with Crippen molar-refractivity contribution in [2.45, 2.75) is 12.5 Å². The van der Waals surface area contributed by atoms with Crippen molar-refractivity contribution < 1.29 is 23.4 Å². The van der Waals surface area contributed by atoms with Gasteiger partial charge < -0.3 is 15.6 Å². The van der Waals surface area contributed by atoms with Crippen LogP contribution in [-0.4, -0.2) is 18.2 Å². The normalized spacial score (nSPS) is 12.2. The van der Waals surface area contributed by atoms with Crippen LogP contribution in [0.15, 0.2) is 12.1 Å². The van der Waals surface area contributed by atoms with E-state index in [2.05, 4.69) is 4.74 Å². The fourth-order valence-corrected chi connectivity index (χ4v) is 1.29. The minimum absolute atomic E-state index is 0.180. The third-order valence-corrected chi connectivity index (χ3v) is 2.09. The number of carboxylic acids is 1. The maximum absolute atomic E-state index is 13.4. The SMILES string of the molecule is COc1ccc(C(N)CC(=O)O)c(F)c1F. The second kappa shape index (κ2) is 4.89. The Kier molecular flexibility index (Phi) is 3.78. The maximum Gasteiger partial charge on any atom is 0.305 e. The van der Waals surface area contributed by atoms with Crippen molar-refractivity contribution in [1.29, 1.82) is 0 Å². The largest absolute Gasteiger partial charge is 0.494 e. The first kappa shape index (κ1) is 12.4. The van der Waals surface area contributed by atoms with Crippen molar-refractivity contribution in [3.8, 4) is 5.75 Å². The van der Waals surface area contributed by atoms with Gasteiger partial charge in [0.1, 0.15) is 0 Å². The lowest BCUT2D eigenvalue weighted by Gasteiger charge is -2.12. The summed E-state index contributed by atoms with van der Waals surface area (Å²) in [7, 11) is 1.20. The highest BCUT2D eigenvalue weighted by atomic mass is 19.2. The summed E-state index contributed by atoms with van der Waals surface area (Å²) in [5, 5.41) is 8.49. The predicted octanol–water partition coefficient (Wildman–Crippen LogP) is 1.45. The monoisotopic (exact) mass is 231 g/mol. The Balaban J connectivity index is 3.06. The van der Waals surface area contributed by atoms with Gasteiger partial charge in [-0.15, -0.1) is 0 Å². The molecular weight excluding hydrogens is 220 g/mol. The highest BCUT2D eigenvalue weighted by Crippen LogP contribution is 2.26. The van der Waals surface area contributed by atoms with Crippen LogP contribution in [0.5, 0.6) is 5.75 Å². The van der Waals surface area contributed by atoms with Gasteiger partial charge in [-0.1, -0.05) is 6.07 Å². The van der Waals surface area contributed by atoms with E-state index < -0.39 is 30.1 Å². The molecule has 1 rings (SSSR count). The first-order valence-electron chi connectivity index (χ1n) is 4.46. The van der Waals surface area contributed by atoms with Crippen LogP contribution in [0.25, 0.3) is 0 Å². The summed E-state index contributed by atoms with van der Waals surface area (Å²) in [4.78, 5) is 10.4. The lowest BCUT2D eigenvalue weighted by Crippen LogP contribution is -2.17. The molecule has 88 valence electrons. The molecule has 0 aromatic heterocycles. The second-order valence-corrected chi connectivity index (χ2v) is 3.19. The Labute approximate surface area is 90.6 Å². The Bertz CT molecular complexity index is 409. The summed E-state index contributed by atoms with van der Waals surface area (Å²) in [6, 6.07) is 1.33. The van der Waals surface area contributed by atoms with E-state index in [9.17, 15) is 13.6 Å².